The molecule has 1 heterocycles. The molecule has 0 radical (unpaired) electrons. The Labute approximate surface area is 121 Å². The molecule has 1 saturated heterocycles. The molecule has 1 rings (SSSR count). The van der Waals surface area contributed by atoms with Gasteiger partial charge in [0.05, 0.1) is 0 Å². The van der Waals surface area contributed by atoms with Crippen molar-refractivity contribution in [2.24, 2.45) is 5.92 Å². The number of hydrogen-bond acceptors (Lipinski definition) is 2. The Bertz CT molecular complexity index is 239. The third-order valence-corrected chi connectivity index (χ3v) is 4.76. The molecule has 1 fully saturated rings. The maximum Gasteiger partial charge on any atom is 0.0278 e. The number of piperazine rings is 1. The minimum Gasteiger partial charge on any atom is -0.309 e. The lowest BCUT2D eigenvalue weighted by atomic mass is 9.93. The van der Waals surface area contributed by atoms with Crippen LogP contribution in [0.5, 0.6) is 0 Å². The smallest absolute Gasteiger partial charge is 0.0278 e. The minimum atomic E-state index is 0.337. The minimum absolute atomic E-state index is 0.337. The summed E-state index contributed by atoms with van der Waals surface area (Å²) in [6.45, 7) is 15.3. The van der Waals surface area contributed by atoms with Crippen molar-refractivity contribution in [1.29, 1.82) is 0 Å². The molecule has 0 bridgehead atoms. The first-order chi connectivity index (χ1) is 8.97. The summed E-state index contributed by atoms with van der Waals surface area (Å²) in [4.78, 5) is 2.70. The second-order valence-electron chi connectivity index (χ2n) is 7.21. The molecule has 2 heteroatoms. The highest BCUT2D eigenvalue weighted by atomic mass is 15.2. The topological polar surface area (TPSA) is 15.3 Å². The Morgan fingerprint density at radius 1 is 1.21 bits per heavy atom. The maximum atomic E-state index is 3.71. The Hall–Kier alpha value is -0.0800. The summed E-state index contributed by atoms with van der Waals surface area (Å²) in [7, 11) is 0. The number of nitrogens with zero attached hydrogens (tertiary/aromatic N) is 1. The van der Waals surface area contributed by atoms with Gasteiger partial charge in [-0.2, -0.15) is 0 Å². The predicted octanol–water partition coefficient (Wildman–Crippen LogP) is 4.06. The molecule has 0 aliphatic carbocycles. The second-order valence-corrected chi connectivity index (χ2v) is 7.21. The van der Waals surface area contributed by atoms with Gasteiger partial charge < -0.3 is 5.32 Å². The average molecular weight is 268 g/mol. The van der Waals surface area contributed by atoms with Crippen molar-refractivity contribution in [3.8, 4) is 0 Å². The van der Waals surface area contributed by atoms with E-state index in [9.17, 15) is 0 Å². The highest BCUT2D eigenvalue weighted by Crippen LogP contribution is 2.19. The van der Waals surface area contributed by atoms with Gasteiger partial charge in [0.1, 0.15) is 0 Å². The normalized spacial score (nSPS) is 29.1. The molecular formula is C17H36N2. The van der Waals surface area contributed by atoms with E-state index in [-0.39, 0.29) is 0 Å². The number of nitrogens with one attached hydrogen (secondary N) is 1. The van der Waals surface area contributed by atoms with Crippen LogP contribution in [0.4, 0.5) is 0 Å². The van der Waals surface area contributed by atoms with E-state index in [0.717, 1.165) is 12.5 Å². The number of unbranched alkanes of at least 4 members (excludes halogenated alkanes) is 3. The van der Waals surface area contributed by atoms with E-state index in [0.29, 0.717) is 11.6 Å². The first-order valence-electron chi connectivity index (χ1n) is 8.46. The molecule has 1 N–H and O–H groups in total. The van der Waals surface area contributed by atoms with Gasteiger partial charge in [-0.25, -0.2) is 0 Å². The van der Waals surface area contributed by atoms with Crippen LogP contribution in [0.3, 0.4) is 0 Å². The van der Waals surface area contributed by atoms with Crippen LogP contribution in [0, 0.1) is 5.92 Å². The van der Waals surface area contributed by atoms with E-state index >= 15 is 0 Å². The molecule has 0 aromatic rings. The quantitative estimate of drug-likeness (QED) is 0.668. The zero-order valence-electron chi connectivity index (χ0n) is 14.0. The van der Waals surface area contributed by atoms with Gasteiger partial charge in [-0.05, 0) is 39.2 Å². The Kier molecular flexibility index (Phi) is 7.38. The fourth-order valence-electron chi connectivity index (χ4n) is 2.94. The van der Waals surface area contributed by atoms with Crippen LogP contribution in [-0.2, 0) is 0 Å². The summed E-state index contributed by atoms with van der Waals surface area (Å²) in [5.74, 6) is 0.874. The van der Waals surface area contributed by atoms with E-state index < -0.39 is 0 Å². The van der Waals surface area contributed by atoms with Gasteiger partial charge in [0.2, 0.25) is 0 Å². The van der Waals surface area contributed by atoms with Crippen LogP contribution >= 0.6 is 0 Å². The van der Waals surface area contributed by atoms with Crippen molar-refractivity contribution >= 4 is 0 Å². The van der Waals surface area contributed by atoms with Crippen molar-refractivity contribution in [2.45, 2.75) is 84.7 Å². The average Bonchev–Trinajstić information content (AvgIpc) is 2.37. The van der Waals surface area contributed by atoms with Gasteiger partial charge >= 0.3 is 0 Å². The summed E-state index contributed by atoms with van der Waals surface area (Å²) in [5, 5.41) is 3.71. The lowest BCUT2D eigenvalue weighted by molar-refractivity contribution is 0.0913. The second kappa shape index (κ2) is 8.26. The van der Waals surface area contributed by atoms with E-state index in [1.165, 1.54) is 51.6 Å². The first-order valence-corrected chi connectivity index (χ1v) is 8.46. The van der Waals surface area contributed by atoms with Gasteiger partial charge in [-0.1, -0.05) is 46.5 Å². The molecule has 2 atom stereocenters. The Balaban J connectivity index is 2.16. The van der Waals surface area contributed by atoms with Gasteiger partial charge in [0, 0.05) is 24.7 Å². The van der Waals surface area contributed by atoms with E-state index in [1.54, 1.807) is 0 Å². The van der Waals surface area contributed by atoms with Gasteiger partial charge in [0.15, 0.2) is 0 Å². The van der Waals surface area contributed by atoms with Crippen molar-refractivity contribution in [1.82, 2.24) is 10.2 Å². The molecule has 0 amide bonds. The molecule has 2 nitrogen and oxygen atoms in total. The van der Waals surface area contributed by atoms with Gasteiger partial charge in [-0.3, -0.25) is 4.90 Å². The highest BCUT2D eigenvalue weighted by molar-refractivity contribution is 4.92. The van der Waals surface area contributed by atoms with E-state index in [1.807, 2.05) is 0 Å². The van der Waals surface area contributed by atoms with Crippen LogP contribution in [-0.4, -0.2) is 36.1 Å². The van der Waals surface area contributed by atoms with Gasteiger partial charge in [-0.15, -0.1) is 0 Å². The van der Waals surface area contributed by atoms with Crippen LogP contribution in [0.1, 0.15) is 73.1 Å². The molecule has 0 saturated carbocycles. The van der Waals surface area contributed by atoms with Crippen LogP contribution in [0.25, 0.3) is 0 Å². The molecule has 1 aliphatic rings. The number of hydrogen-bond donors (Lipinski definition) is 1. The monoisotopic (exact) mass is 268 g/mol. The van der Waals surface area contributed by atoms with Gasteiger partial charge in [0.25, 0.3) is 0 Å². The summed E-state index contributed by atoms with van der Waals surface area (Å²) < 4.78 is 0. The molecule has 19 heavy (non-hydrogen) atoms. The molecule has 0 spiro atoms. The lowest BCUT2D eigenvalue weighted by Crippen LogP contribution is -2.61. The van der Waals surface area contributed by atoms with Crippen molar-refractivity contribution in [2.75, 3.05) is 19.6 Å². The zero-order chi connectivity index (χ0) is 14.3. The molecule has 1 aliphatic heterocycles. The van der Waals surface area contributed by atoms with Crippen LogP contribution < -0.4 is 5.32 Å². The van der Waals surface area contributed by atoms with Crippen LogP contribution in [0.15, 0.2) is 0 Å². The fraction of sp³-hybridized carbons (Fsp3) is 1.00. The van der Waals surface area contributed by atoms with Crippen LogP contribution in [0.2, 0.25) is 0 Å². The summed E-state index contributed by atoms with van der Waals surface area (Å²) in [5.41, 5.74) is 0.337. The predicted molar refractivity (Wildman–Crippen MR) is 85.7 cm³/mol. The molecule has 114 valence electrons. The van der Waals surface area contributed by atoms with Crippen molar-refractivity contribution in [3.63, 3.8) is 0 Å². The highest BCUT2D eigenvalue weighted by Gasteiger charge is 2.31. The summed E-state index contributed by atoms with van der Waals surface area (Å²) in [6.07, 6.45) is 8.25. The van der Waals surface area contributed by atoms with Crippen molar-refractivity contribution in [3.05, 3.63) is 0 Å². The Morgan fingerprint density at radius 2 is 1.89 bits per heavy atom. The zero-order valence-corrected chi connectivity index (χ0v) is 14.0. The lowest BCUT2D eigenvalue weighted by Gasteiger charge is -2.45. The molecule has 0 aromatic carbocycles. The summed E-state index contributed by atoms with van der Waals surface area (Å²) >= 11 is 0. The third-order valence-electron chi connectivity index (χ3n) is 4.76. The fourth-order valence-corrected chi connectivity index (χ4v) is 2.94. The SMILES string of the molecule is CCC1(C)CN(CCCCCCC(C)C)C(C)CN1. The standard InChI is InChI=1S/C17H36N2/c1-6-17(5)14-19(16(4)13-18-17)12-10-8-7-9-11-15(2)3/h15-16,18H,6-14H2,1-5H3. The Morgan fingerprint density at radius 3 is 2.53 bits per heavy atom. The molecular weight excluding hydrogens is 232 g/mol. The third kappa shape index (κ3) is 6.27. The van der Waals surface area contributed by atoms with Crippen molar-refractivity contribution < 1.29 is 0 Å². The molecule has 0 aromatic heterocycles. The molecule has 2 unspecified atom stereocenters. The first kappa shape index (κ1) is 17.0. The number of rotatable bonds is 8. The van der Waals surface area contributed by atoms with E-state index in [4.69, 9.17) is 0 Å². The van der Waals surface area contributed by atoms with E-state index in [2.05, 4.69) is 44.8 Å². The summed E-state index contributed by atoms with van der Waals surface area (Å²) in [6, 6.07) is 0.704. The largest absolute Gasteiger partial charge is 0.309 e. The maximum absolute atomic E-state index is 3.71.